The summed E-state index contributed by atoms with van der Waals surface area (Å²) in [5.74, 6) is -9.94. The molecule has 11 aliphatic rings. The maximum absolute atomic E-state index is 13.3. The van der Waals surface area contributed by atoms with E-state index in [1.807, 2.05) is 0 Å². The van der Waals surface area contributed by atoms with E-state index in [-0.39, 0.29) is 0 Å². The maximum atomic E-state index is 13.3. The first-order chi connectivity index (χ1) is 66.9. The number of amides is 5. The average Bonchev–Trinajstić information content (AvgIpc) is 0.774. The average molecular weight is 2080 g/mol. The Kier molecular flexibility index (Phi) is 41.7. The molecule has 11 aliphatic heterocycles. The highest BCUT2D eigenvalue weighted by Crippen LogP contribution is 2.43. The lowest BCUT2D eigenvalue weighted by molar-refractivity contribution is -0.399. The van der Waals surface area contributed by atoms with Gasteiger partial charge in [-0.15, -0.1) is 0 Å². The molecule has 0 spiro atoms. The van der Waals surface area contributed by atoms with Crippen LogP contribution in [0.3, 0.4) is 0 Å². The molecule has 63 heteroatoms. The number of hydrogen-bond acceptors (Lipinski definition) is 57. The number of carbonyl (C=O) groups excluding carboxylic acids is 5. The van der Waals surface area contributed by atoms with Crippen molar-refractivity contribution in [1.82, 2.24) is 26.6 Å². The summed E-state index contributed by atoms with van der Waals surface area (Å²) in [4.78, 5) is 77.1. The largest absolute Gasteiger partial charge is 0.477 e. The first-order valence-electron chi connectivity index (χ1n) is 45.1. The minimum absolute atomic E-state index is 0.823. The first-order valence-corrected chi connectivity index (χ1v) is 45.1. The molecule has 11 rings (SSSR count). The molecule has 5 amide bonds. The predicted molar refractivity (Wildman–Crippen MR) is 436 cm³/mol. The monoisotopic (exact) mass is 2080 g/mol. The van der Waals surface area contributed by atoms with Crippen molar-refractivity contribution in [3.05, 3.63) is 0 Å². The Labute approximate surface area is 803 Å². The Morgan fingerprint density at radius 1 is 0.303 bits per heavy atom. The fourth-order valence-corrected chi connectivity index (χ4v) is 18.3. The molecule has 0 radical (unpaired) electrons. The second kappa shape index (κ2) is 50.6. The van der Waals surface area contributed by atoms with Crippen LogP contribution in [0.25, 0.3) is 0 Å². The zero-order valence-corrected chi connectivity index (χ0v) is 76.4. The van der Waals surface area contributed by atoms with Gasteiger partial charge in [0.2, 0.25) is 29.5 Å². The third-order valence-corrected chi connectivity index (χ3v) is 25.9. The second-order valence-electron chi connectivity index (χ2n) is 36.0. The van der Waals surface area contributed by atoms with Gasteiger partial charge in [-0.2, -0.15) is 0 Å². The summed E-state index contributed by atoms with van der Waals surface area (Å²) in [6.45, 7) is -5.92. The van der Waals surface area contributed by atoms with E-state index in [0.29, 0.717) is 0 Å². The molecule has 0 aromatic carbocycles. The quantitative estimate of drug-likeness (QED) is 0.0273. The number of ether oxygens (including phenoxy) is 21. The number of aliphatic hydroxyl groups is 30. The molecular weight excluding hydrogens is 1950 g/mol. The van der Waals surface area contributed by atoms with Gasteiger partial charge in [-0.25, -0.2) is 4.79 Å². The molecule has 63 nitrogen and oxygen atoms in total. The molecule has 0 aromatic heterocycles. The molecule has 56 atom stereocenters. The Balaban J connectivity index is 0.887. The molecule has 0 aromatic rings. The molecule has 0 aliphatic carbocycles. The summed E-state index contributed by atoms with van der Waals surface area (Å²) in [5, 5.41) is 360. The second-order valence-corrected chi connectivity index (χ2v) is 36.0. The van der Waals surface area contributed by atoms with Gasteiger partial charge in [-0.05, 0) is 6.92 Å². The smallest absolute Gasteiger partial charge is 0.364 e. The standard InChI is InChI=1S/C79H131N5O58/c1-18-40(99)51(110)56(115)72(125-18)122-15-32-44(103)52(111)57(116)73(132-32)136-61-29(12-89)130-70(38(49(61)108)83-22(5)95)140-66-54(113)42(101)26(9-86)127-76(66)123-16-33-46(105)65(59(118)75(133-33)138-63-31(14-91)129-69(37(48(63)107)82-21(4)94)135-60-28(11-88)126-68(119)36(47(60)106)81-20(3)93)139-77-67(55(114)43(102)27(10-87)128-77)141-71-39(84-23(6)96)50(109)62(30(13-90)131-71)137-74-58(117)53(112)45(104)34(134-74)17-124-79(78(120)121)7-24(97)35(80-19(2)92)64(142-79)41(100)25(98)8-85/h18,24-77,85-91,97-119H,7-17H2,1-6H3,(H,80,92)(H,81,93)(H,82,94)(H,83,95)(H,84,96)(H,120,121)/t18-,24-,25+,26+,27+,28+,29+,30+,31+,32+,33+,34+,35+,36+,37+,38+,39-,40+,41+,42+,43+,44-,45-,46+,47+,48+,49+,50+,51+,52-,53-,54-,55-,56-,57+,58+,59-,60+,61+,62+,63+,64+,65-,66-,67-,68?,69-,70-,71-,72+,73-,74-,75-,76-,77+,79+/m0/s1. The van der Waals surface area contributed by atoms with E-state index < -0.39 is 451 Å². The van der Waals surface area contributed by atoms with Crippen LogP contribution in [0, 0.1) is 0 Å². The van der Waals surface area contributed by atoms with Crippen molar-refractivity contribution in [2.75, 3.05) is 66.1 Å². The minimum atomic E-state index is -3.12. The molecule has 11 saturated heterocycles. The normalized spacial score (nSPS) is 48.0. The van der Waals surface area contributed by atoms with Crippen LogP contribution in [0.15, 0.2) is 0 Å². The summed E-state index contributed by atoms with van der Waals surface area (Å²) in [7, 11) is 0. The molecule has 36 N–H and O–H groups in total. The van der Waals surface area contributed by atoms with Gasteiger partial charge in [0, 0.05) is 41.0 Å². The highest BCUT2D eigenvalue weighted by Gasteiger charge is 2.64. The zero-order valence-electron chi connectivity index (χ0n) is 76.4. The lowest BCUT2D eigenvalue weighted by Crippen LogP contribution is -2.71. The van der Waals surface area contributed by atoms with Crippen LogP contribution in [-0.2, 0) is 128 Å². The van der Waals surface area contributed by atoms with Crippen molar-refractivity contribution in [2.45, 2.75) is 391 Å². The SMILES string of the molecule is CC(=O)N[C@@H]1[C@H](O[C@@H]2[C@@H](O[C@@H]3[C@H](O)[C@H](O[C@H]4[C@H](O)[C@@H](NC(C)=O)[C@H](O[C@H]5[C@H](O)[C@@H](NC(C)=O)C(O)O[C@@H]5CO)O[C@@H]4CO)O[C@H](CO[C@H]4O[C@H](CO)[C@@H](O)[C@H](O)[C@@H]4O[C@@H]4O[C@H](CO)[C@@H](O[C@@H]5O[C@H](CO[C@@H]6O[C@@H](C)[C@@H](O)[C@@H](O)[C@@H]6O)[C@H](O)[C@H](O)[C@H]5O)[C@H](O)[C@H]4NC(C)=O)[C@H]3O)O[C@H](CO)[C@@H](O)[C@@H]2O)O[C@H](CO)[C@@H](O[C@@H]2O[C@H](CO[C@]3(C(=O)O)C[C@H](O)[C@@H](NC(C)=O)[C@H]([C@H](O)[C@H](O)CO)O3)[C@H](O)[C@H](O)[C@H]2O)[C@@H]1O. The van der Waals surface area contributed by atoms with Crippen molar-refractivity contribution in [3.63, 3.8) is 0 Å². The lowest BCUT2D eigenvalue weighted by atomic mass is 9.88. The van der Waals surface area contributed by atoms with E-state index in [2.05, 4.69) is 26.6 Å². The number of nitrogens with one attached hydrogen (secondary N) is 5. The Morgan fingerprint density at radius 3 is 1.02 bits per heavy atom. The molecule has 0 saturated carbocycles. The highest BCUT2D eigenvalue weighted by molar-refractivity contribution is 5.77. The maximum Gasteiger partial charge on any atom is 0.364 e. The number of carboxylic acids is 1. The van der Waals surface area contributed by atoms with Crippen LogP contribution in [0.1, 0.15) is 48.0 Å². The number of aliphatic hydroxyl groups excluding tert-OH is 30. The Morgan fingerprint density at radius 2 is 0.613 bits per heavy atom. The van der Waals surface area contributed by atoms with E-state index in [9.17, 15) is 187 Å². The summed E-state index contributed by atoms with van der Waals surface area (Å²) < 4.78 is 124. The van der Waals surface area contributed by atoms with Gasteiger partial charge < -0.3 is 284 Å². The van der Waals surface area contributed by atoms with Crippen LogP contribution in [-0.4, -0.2) is 603 Å². The fourth-order valence-electron chi connectivity index (χ4n) is 18.3. The van der Waals surface area contributed by atoms with Crippen molar-refractivity contribution in [2.24, 2.45) is 0 Å². The van der Waals surface area contributed by atoms with Crippen LogP contribution >= 0.6 is 0 Å². The third-order valence-electron chi connectivity index (χ3n) is 25.9. The van der Waals surface area contributed by atoms with E-state index >= 15 is 0 Å². The van der Waals surface area contributed by atoms with Gasteiger partial charge in [-0.1, -0.05) is 0 Å². The van der Waals surface area contributed by atoms with Crippen LogP contribution in [0.2, 0.25) is 0 Å². The third kappa shape index (κ3) is 26.0. The molecule has 0 bridgehead atoms. The van der Waals surface area contributed by atoms with E-state index in [4.69, 9.17) is 99.5 Å². The Bertz CT molecular complexity index is 4010. The van der Waals surface area contributed by atoms with Crippen LogP contribution in [0.4, 0.5) is 0 Å². The topological polar surface area (TPSA) is 984 Å². The molecule has 142 heavy (non-hydrogen) atoms. The molecule has 1 unspecified atom stereocenters. The first kappa shape index (κ1) is 117. The highest BCUT2D eigenvalue weighted by atomic mass is 16.8. The number of aliphatic carboxylic acids is 1. The summed E-state index contributed by atoms with van der Waals surface area (Å²) in [5.41, 5.74) is 0. The van der Waals surface area contributed by atoms with Gasteiger partial charge >= 0.3 is 5.97 Å². The van der Waals surface area contributed by atoms with E-state index in [0.717, 1.165) is 34.6 Å². The van der Waals surface area contributed by atoms with Gasteiger partial charge in [0.25, 0.3) is 5.79 Å². The molecule has 11 fully saturated rings. The van der Waals surface area contributed by atoms with Crippen molar-refractivity contribution >= 4 is 35.5 Å². The van der Waals surface area contributed by atoms with Gasteiger partial charge in [0.05, 0.1) is 84.3 Å². The minimum Gasteiger partial charge on any atom is -0.477 e. The summed E-state index contributed by atoms with van der Waals surface area (Å²) in [6, 6.07) is -9.57. The fraction of sp³-hybridized carbons (Fsp3) is 0.924. The molecule has 11 heterocycles. The number of hydrogen-bond donors (Lipinski definition) is 36. The van der Waals surface area contributed by atoms with Crippen molar-refractivity contribution in [3.8, 4) is 0 Å². The number of carbonyl (C=O) groups is 6. The number of rotatable bonds is 38. The van der Waals surface area contributed by atoms with E-state index in [1.54, 1.807) is 0 Å². The van der Waals surface area contributed by atoms with Gasteiger partial charge in [-0.3, -0.25) is 24.0 Å². The van der Waals surface area contributed by atoms with Gasteiger partial charge in [0.1, 0.15) is 256 Å². The Hall–Kier alpha value is -5.22. The zero-order chi connectivity index (χ0) is 105. The van der Waals surface area contributed by atoms with Crippen molar-refractivity contribution in [1.29, 1.82) is 0 Å². The summed E-state index contributed by atoms with van der Waals surface area (Å²) >= 11 is 0. The van der Waals surface area contributed by atoms with E-state index in [1.165, 1.54) is 6.92 Å². The van der Waals surface area contributed by atoms with Crippen LogP contribution < -0.4 is 26.6 Å². The van der Waals surface area contributed by atoms with Crippen LogP contribution in [0.5, 0.6) is 0 Å². The number of carboxylic acid groups (broad SMARTS) is 1. The molecular formula is C79H131N5O58. The molecule has 820 valence electrons. The predicted octanol–water partition coefficient (Wildman–Crippen LogP) is -24.0. The lowest BCUT2D eigenvalue weighted by Gasteiger charge is -2.51. The van der Waals surface area contributed by atoms with Crippen molar-refractivity contribution < 1.29 is 287 Å². The summed E-state index contributed by atoms with van der Waals surface area (Å²) in [6.07, 6.45) is -109. The van der Waals surface area contributed by atoms with Gasteiger partial charge in [0.15, 0.2) is 62.9 Å².